The zero-order chi connectivity index (χ0) is 17.4. The van der Waals surface area contributed by atoms with Crippen molar-refractivity contribution in [1.82, 2.24) is 10.6 Å². The molecule has 0 saturated carbocycles. The molecule has 0 radical (unpaired) electrons. The van der Waals surface area contributed by atoms with E-state index >= 15 is 0 Å². The lowest BCUT2D eigenvalue weighted by molar-refractivity contribution is 0.240. The lowest BCUT2D eigenvalue weighted by Gasteiger charge is -2.11. The summed E-state index contributed by atoms with van der Waals surface area (Å²) in [4.78, 5) is 11.9. The van der Waals surface area contributed by atoms with E-state index in [0.717, 1.165) is 12.0 Å². The smallest absolute Gasteiger partial charge is 0.315 e. The summed E-state index contributed by atoms with van der Waals surface area (Å²) >= 11 is 0. The van der Waals surface area contributed by atoms with Gasteiger partial charge in [-0.2, -0.15) is 0 Å². The molecule has 5 heteroatoms. The second-order valence-corrected chi connectivity index (χ2v) is 5.53. The SMILES string of the molecule is COc1ccc(CNC(=O)NCCc2ccc(C)cc2)cc1OC. The maximum Gasteiger partial charge on any atom is 0.315 e. The molecule has 5 nitrogen and oxygen atoms in total. The number of carbonyl (C=O) groups excluding carboxylic acids is 1. The van der Waals surface area contributed by atoms with Crippen LogP contribution in [0.3, 0.4) is 0 Å². The summed E-state index contributed by atoms with van der Waals surface area (Å²) in [5.74, 6) is 1.32. The van der Waals surface area contributed by atoms with Crippen LogP contribution in [0.4, 0.5) is 4.79 Å². The molecule has 0 bridgehead atoms. The average Bonchev–Trinajstić information content (AvgIpc) is 2.61. The first-order chi connectivity index (χ1) is 11.6. The molecule has 0 atom stereocenters. The van der Waals surface area contributed by atoms with Crippen molar-refractivity contribution in [3.8, 4) is 11.5 Å². The van der Waals surface area contributed by atoms with Crippen LogP contribution in [0, 0.1) is 6.92 Å². The van der Waals surface area contributed by atoms with Crippen molar-refractivity contribution in [2.75, 3.05) is 20.8 Å². The highest BCUT2D eigenvalue weighted by Gasteiger charge is 2.06. The van der Waals surface area contributed by atoms with Crippen LogP contribution in [-0.2, 0) is 13.0 Å². The normalized spacial score (nSPS) is 10.1. The molecule has 128 valence electrons. The van der Waals surface area contributed by atoms with Crippen molar-refractivity contribution < 1.29 is 14.3 Å². The summed E-state index contributed by atoms with van der Waals surface area (Å²) in [6.07, 6.45) is 0.810. The van der Waals surface area contributed by atoms with Gasteiger partial charge in [0.1, 0.15) is 0 Å². The topological polar surface area (TPSA) is 59.6 Å². The third kappa shape index (κ3) is 5.19. The van der Waals surface area contributed by atoms with Gasteiger partial charge in [-0.15, -0.1) is 0 Å². The molecule has 0 aliphatic rings. The van der Waals surface area contributed by atoms with E-state index in [2.05, 4.69) is 41.8 Å². The van der Waals surface area contributed by atoms with Crippen LogP contribution < -0.4 is 20.1 Å². The van der Waals surface area contributed by atoms with Crippen LogP contribution in [-0.4, -0.2) is 26.8 Å². The molecule has 0 fully saturated rings. The first kappa shape index (κ1) is 17.7. The summed E-state index contributed by atoms with van der Waals surface area (Å²) in [5, 5.41) is 5.70. The quantitative estimate of drug-likeness (QED) is 0.821. The predicted molar refractivity (Wildman–Crippen MR) is 94.7 cm³/mol. The number of ether oxygens (including phenoxy) is 2. The van der Waals surface area contributed by atoms with Crippen molar-refractivity contribution in [2.45, 2.75) is 19.9 Å². The van der Waals surface area contributed by atoms with Gasteiger partial charge >= 0.3 is 6.03 Å². The third-order valence-electron chi connectivity index (χ3n) is 3.72. The number of benzene rings is 2. The molecule has 2 N–H and O–H groups in total. The van der Waals surface area contributed by atoms with Gasteiger partial charge in [0.15, 0.2) is 11.5 Å². The van der Waals surface area contributed by atoms with E-state index in [1.165, 1.54) is 11.1 Å². The van der Waals surface area contributed by atoms with E-state index in [9.17, 15) is 4.79 Å². The molecule has 0 aromatic heterocycles. The Labute approximate surface area is 143 Å². The van der Waals surface area contributed by atoms with Gasteiger partial charge in [0, 0.05) is 13.1 Å². The van der Waals surface area contributed by atoms with E-state index < -0.39 is 0 Å². The van der Waals surface area contributed by atoms with Gasteiger partial charge in [-0.1, -0.05) is 35.9 Å². The number of nitrogens with one attached hydrogen (secondary N) is 2. The van der Waals surface area contributed by atoms with Crippen molar-refractivity contribution in [3.05, 3.63) is 59.2 Å². The Bertz CT molecular complexity index is 669. The van der Waals surface area contributed by atoms with E-state index in [-0.39, 0.29) is 6.03 Å². The van der Waals surface area contributed by atoms with Crippen LogP contribution in [0.15, 0.2) is 42.5 Å². The Balaban J connectivity index is 1.75. The molecule has 0 unspecified atom stereocenters. The second-order valence-electron chi connectivity index (χ2n) is 5.53. The Morgan fingerprint density at radius 3 is 2.25 bits per heavy atom. The van der Waals surface area contributed by atoms with Gasteiger partial charge in [-0.05, 0) is 36.6 Å². The minimum Gasteiger partial charge on any atom is -0.493 e. The van der Waals surface area contributed by atoms with Crippen LogP contribution in [0.2, 0.25) is 0 Å². The van der Waals surface area contributed by atoms with E-state index in [0.29, 0.717) is 24.6 Å². The third-order valence-corrected chi connectivity index (χ3v) is 3.72. The van der Waals surface area contributed by atoms with E-state index in [4.69, 9.17) is 9.47 Å². The Kier molecular flexibility index (Phi) is 6.49. The minimum atomic E-state index is -0.183. The fourth-order valence-electron chi connectivity index (χ4n) is 2.31. The Hall–Kier alpha value is -2.69. The van der Waals surface area contributed by atoms with Gasteiger partial charge in [0.05, 0.1) is 14.2 Å². The largest absolute Gasteiger partial charge is 0.493 e. The van der Waals surface area contributed by atoms with Gasteiger partial charge in [0.2, 0.25) is 0 Å². The van der Waals surface area contributed by atoms with Crippen LogP contribution >= 0.6 is 0 Å². The van der Waals surface area contributed by atoms with Gasteiger partial charge in [0.25, 0.3) is 0 Å². The number of carbonyl (C=O) groups is 1. The molecule has 24 heavy (non-hydrogen) atoms. The Morgan fingerprint density at radius 1 is 0.917 bits per heavy atom. The number of rotatable bonds is 7. The summed E-state index contributed by atoms with van der Waals surface area (Å²) in [6.45, 7) is 3.08. The molecule has 2 amide bonds. The van der Waals surface area contributed by atoms with Gasteiger partial charge < -0.3 is 20.1 Å². The summed E-state index contributed by atoms with van der Waals surface area (Å²) in [6, 6.07) is 13.7. The number of aryl methyl sites for hydroxylation is 1. The number of urea groups is 1. The summed E-state index contributed by atoms with van der Waals surface area (Å²) < 4.78 is 10.4. The number of methoxy groups -OCH3 is 2. The number of amides is 2. The van der Waals surface area contributed by atoms with Crippen molar-refractivity contribution in [1.29, 1.82) is 0 Å². The lowest BCUT2D eigenvalue weighted by Crippen LogP contribution is -2.36. The van der Waals surface area contributed by atoms with Crippen molar-refractivity contribution in [3.63, 3.8) is 0 Å². The first-order valence-corrected chi connectivity index (χ1v) is 7.90. The molecule has 0 aliphatic heterocycles. The summed E-state index contributed by atoms with van der Waals surface area (Å²) in [5.41, 5.74) is 3.39. The van der Waals surface area contributed by atoms with Gasteiger partial charge in [-0.3, -0.25) is 0 Å². The lowest BCUT2D eigenvalue weighted by atomic mass is 10.1. The predicted octanol–water partition coefficient (Wildman–Crippen LogP) is 3.05. The van der Waals surface area contributed by atoms with Crippen molar-refractivity contribution in [2.24, 2.45) is 0 Å². The molecule has 0 saturated heterocycles. The molecule has 2 aromatic carbocycles. The van der Waals surface area contributed by atoms with Crippen molar-refractivity contribution >= 4 is 6.03 Å². The van der Waals surface area contributed by atoms with Gasteiger partial charge in [-0.25, -0.2) is 4.79 Å². The number of hydrogen-bond acceptors (Lipinski definition) is 3. The summed E-state index contributed by atoms with van der Waals surface area (Å²) in [7, 11) is 3.18. The Morgan fingerprint density at radius 2 is 1.58 bits per heavy atom. The molecule has 2 rings (SSSR count). The van der Waals surface area contributed by atoms with Crippen LogP contribution in [0.25, 0.3) is 0 Å². The average molecular weight is 328 g/mol. The van der Waals surface area contributed by atoms with E-state index in [1.54, 1.807) is 14.2 Å². The maximum atomic E-state index is 11.9. The standard InChI is InChI=1S/C19H24N2O3/c1-14-4-6-15(7-5-14)10-11-20-19(22)21-13-16-8-9-17(23-2)18(12-16)24-3/h4-9,12H,10-11,13H2,1-3H3,(H2,20,21,22). The fourth-order valence-corrected chi connectivity index (χ4v) is 2.31. The highest BCUT2D eigenvalue weighted by Crippen LogP contribution is 2.27. The maximum absolute atomic E-state index is 11.9. The van der Waals surface area contributed by atoms with Crippen LogP contribution in [0.5, 0.6) is 11.5 Å². The number of hydrogen-bond donors (Lipinski definition) is 2. The zero-order valence-corrected chi connectivity index (χ0v) is 14.4. The van der Waals surface area contributed by atoms with Crippen LogP contribution in [0.1, 0.15) is 16.7 Å². The van der Waals surface area contributed by atoms with E-state index in [1.807, 2.05) is 18.2 Å². The molecule has 0 aliphatic carbocycles. The fraction of sp³-hybridized carbons (Fsp3) is 0.316. The second kappa shape index (κ2) is 8.82. The molecule has 0 heterocycles. The molecule has 2 aromatic rings. The molecular weight excluding hydrogens is 304 g/mol. The molecular formula is C19H24N2O3. The highest BCUT2D eigenvalue weighted by atomic mass is 16.5. The zero-order valence-electron chi connectivity index (χ0n) is 14.4. The highest BCUT2D eigenvalue weighted by molar-refractivity contribution is 5.73. The monoisotopic (exact) mass is 328 g/mol. The first-order valence-electron chi connectivity index (χ1n) is 7.90. The minimum absolute atomic E-state index is 0.183. The molecule has 0 spiro atoms.